The largest absolute Gasteiger partial charge is 0.465 e. The summed E-state index contributed by atoms with van der Waals surface area (Å²) < 4.78 is 46.6. The van der Waals surface area contributed by atoms with Crippen molar-refractivity contribution < 1.29 is 66.3 Å². The fraction of sp³-hybridized carbons (Fsp3) is 0.581. The SMILES string of the molecule is CC(=O)OC[C@]12[C@@H](OC(=O)c3ccco3)C[C@@H]3[C@H](OC(=O)c4ccco4)[C@]1(OC3(C)C)[C@@](C)(O)C[C@H](OC(C)=O)[C@@H]2OC(C)=O. The molecule has 5 rings (SSSR count). The van der Waals surface area contributed by atoms with Crippen LogP contribution < -0.4 is 0 Å². The van der Waals surface area contributed by atoms with E-state index in [0.29, 0.717) is 0 Å². The average molecular weight is 633 g/mol. The van der Waals surface area contributed by atoms with Gasteiger partial charge in [-0.05, 0) is 51.5 Å². The lowest BCUT2D eigenvalue weighted by molar-refractivity contribution is -0.354. The summed E-state index contributed by atoms with van der Waals surface area (Å²) >= 11 is 0. The van der Waals surface area contributed by atoms with Crippen LogP contribution in [0.3, 0.4) is 0 Å². The molecule has 2 aromatic heterocycles. The van der Waals surface area contributed by atoms with Crippen LogP contribution in [0, 0.1) is 11.3 Å². The molecule has 0 radical (unpaired) electrons. The van der Waals surface area contributed by atoms with E-state index in [1.807, 2.05) is 0 Å². The van der Waals surface area contributed by atoms with Gasteiger partial charge in [0.1, 0.15) is 30.3 Å². The van der Waals surface area contributed by atoms with E-state index in [9.17, 15) is 29.1 Å². The minimum atomic E-state index is -2.10. The summed E-state index contributed by atoms with van der Waals surface area (Å²) in [6.07, 6.45) is -3.47. The summed E-state index contributed by atoms with van der Waals surface area (Å²) in [5.74, 6) is -5.19. The highest BCUT2D eigenvalue weighted by atomic mass is 16.6. The molecule has 1 aliphatic heterocycles. The second-order valence-corrected chi connectivity index (χ2v) is 12.4. The maximum atomic E-state index is 13.5. The number of furan rings is 2. The van der Waals surface area contributed by atoms with Crippen LogP contribution in [0.2, 0.25) is 0 Å². The van der Waals surface area contributed by atoms with Gasteiger partial charge in [-0.1, -0.05) is 0 Å². The standard InChI is InChI=1S/C31H36O14/c1-16(32)40-15-30-23(43-26(35)20-9-7-11-38-20)13-19-24(44-27(36)21-10-8-12-39-21)31(30,45-28(19,4)5)29(6,37)14-22(41-17(2)33)25(30)42-18(3)34/h7-12,19,22-25,37H,13-15H2,1-6H3/t19-,22+,23+,24+,25+,29+,30-,31+/m1/s1. The van der Waals surface area contributed by atoms with Crippen LogP contribution in [-0.4, -0.2) is 82.8 Å². The molecular weight excluding hydrogens is 596 g/mol. The Bertz CT molecular complexity index is 1460. The third-order valence-corrected chi connectivity index (χ3v) is 9.11. The third kappa shape index (κ3) is 5.19. The molecule has 0 aromatic carbocycles. The number of carbonyl (C=O) groups excluding carboxylic acids is 5. The van der Waals surface area contributed by atoms with Crippen molar-refractivity contribution in [2.75, 3.05) is 6.61 Å². The Labute approximate surface area is 258 Å². The summed E-state index contributed by atoms with van der Waals surface area (Å²) in [7, 11) is 0. The average Bonchev–Trinajstić information content (AvgIpc) is 3.68. The van der Waals surface area contributed by atoms with Crippen molar-refractivity contribution in [1.82, 2.24) is 0 Å². The van der Waals surface area contributed by atoms with Gasteiger partial charge in [0, 0.05) is 33.1 Å². The van der Waals surface area contributed by atoms with Gasteiger partial charge in [0.15, 0.2) is 11.7 Å². The van der Waals surface area contributed by atoms with Crippen LogP contribution in [-0.2, 0) is 42.8 Å². The fourth-order valence-corrected chi connectivity index (χ4v) is 7.59. The van der Waals surface area contributed by atoms with E-state index in [1.165, 1.54) is 43.7 Å². The number of hydrogen-bond acceptors (Lipinski definition) is 14. The highest BCUT2D eigenvalue weighted by Crippen LogP contribution is 2.69. The summed E-state index contributed by atoms with van der Waals surface area (Å²) in [5, 5.41) is 12.5. The van der Waals surface area contributed by atoms with Crippen molar-refractivity contribution in [3.63, 3.8) is 0 Å². The Morgan fingerprint density at radius 1 is 0.822 bits per heavy atom. The number of rotatable bonds is 8. The zero-order chi connectivity index (χ0) is 32.9. The molecule has 45 heavy (non-hydrogen) atoms. The molecular formula is C31H36O14. The highest BCUT2D eigenvalue weighted by Gasteiger charge is 2.86. The molecule has 2 saturated carbocycles. The smallest absolute Gasteiger partial charge is 0.374 e. The fourth-order valence-electron chi connectivity index (χ4n) is 7.59. The maximum Gasteiger partial charge on any atom is 0.374 e. The molecule has 2 aliphatic carbocycles. The zero-order valence-corrected chi connectivity index (χ0v) is 25.7. The topological polar surface area (TPSA) is 187 Å². The molecule has 1 saturated heterocycles. The monoisotopic (exact) mass is 632 g/mol. The van der Waals surface area contributed by atoms with Crippen molar-refractivity contribution >= 4 is 29.8 Å². The van der Waals surface area contributed by atoms with Crippen molar-refractivity contribution in [2.45, 2.75) is 95.6 Å². The number of aliphatic hydroxyl groups is 1. The minimum Gasteiger partial charge on any atom is -0.465 e. The van der Waals surface area contributed by atoms with Crippen molar-refractivity contribution in [3.8, 4) is 0 Å². The molecule has 3 aliphatic rings. The molecule has 3 heterocycles. The Morgan fingerprint density at radius 2 is 1.40 bits per heavy atom. The van der Waals surface area contributed by atoms with Crippen molar-refractivity contribution in [2.24, 2.45) is 11.3 Å². The third-order valence-electron chi connectivity index (χ3n) is 9.11. The van der Waals surface area contributed by atoms with Gasteiger partial charge in [0.25, 0.3) is 0 Å². The summed E-state index contributed by atoms with van der Waals surface area (Å²) in [6.45, 7) is 7.52. The first-order valence-electron chi connectivity index (χ1n) is 14.4. The lowest BCUT2D eigenvalue weighted by Crippen LogP contribution is -2.83. The van der Waals surface area contributed by atoms with Crippen LogP contribution >= 0.6 is 0 Å². The normalized spacial score (nSPS) is 34.6. The van der Waals surface area contributed by atoms with Crippen LogP contribution in [0.4, 0.5) is 0 Å². The van der Waals surface area contributed by atoms with Gasteiger partial charge in [-0.2, -0.15) is 0 Å². The second-order valence-electron chi connectivity index (χ2n) is 12.4. The number of hydrogen-bond donors (Lipinski definition) is 1. The molecule has 0 amide bonds. The van der Waals surface area contributed by atoms with Gasteiger partial charge < -0.3 is 42.4 Å². The summed E-state index contributed by atoms with van der Waals surface area (Å²) in [4.78, 5) is 64.4. The van der Waals surface area contributed by atoms with E-state index < -0.39 is 89.0 Å². The Morgan fingerprint density at radius 3 is 1.91 bits per heavy atom. The molecule has 1 N–H and O–H groups in total. The van der Waals surface area contributed by atoms with Gasteiger partial charge in [-0.3, -0.25) is 14.4 Å². The molecule has 8 atom stereocenters. The highest BCUT2D eigenvalue weighted by molar-refractivity contribution is 5.87. The number of carbonyl (C=O) groups is 5. The molecule has 1 spiro atoms. The van der Waals surface area contributed by atoms with Crippen molar-refractivity contribution in [1.29, 1.82) is 0 Å². The first kappa shape index (κ1) is 32.2. The Kier molecular flexibility index (Phi) is 8.11. The number of ether oxygens (including phenoxy) is 6. The molecule has 14 heteroatoms. The van der Waals surface area contributed by atoms with Gasteiger partial charge >= 0.3 is 29.8 Å². The van der Waals surface area contributed by atoms with E-state index in [2.05, 4.69) is 0 Å². The van der Waals surface area contributed by atoms with Crippen LogP contribution in [0.15, 0.2) is 45.6 Å². The molecule has 0 unspecified atom stereocenters. The van der Waals surface area contributed by atoms with Crippen LogP contribution in [0.5, 0.6) is 0 Å². The lowest BCUT2D eigenvalue weighted by Gasteiger charge is -2.65. The molecule has 14 nitrogen and oxygen atoms in total. The molecule has 244 valence electrons. The van der Waals surface area contributed by atoms with Gasteiger partial charge in [0.2, 0.25) is 11.5 Å². The van der Waals surface area contributed by atoms with E-state index >= 15 is 0 Å². The molecule has 3 fully saturated rings. The van der Waals surface area contributed by atoms with E-state index in [4.69, 9.17) is 37.3 Å². The summed E-state index contributed by atoms with van der Waals surface area (Å²) in [5.41, 5.74) is -7.39. The summed E-state index contributed by atoms with van der Waals surface area (Å²) in [6, 6.07) is 5.76. The first-order valence-corrected chi connectivity index (χ1v) is 14.4. The van der Waals surface area contributed by atoms with Crippen molar-refractivity contribution in [3.05, 3.63) is 48.3 Å². The van der Waals surface area contributed by atoms with E-state index in [-0.39, 0.29) is 24.4 Å². The predicted molar refractivity (Wildman–Crippen MR) is 147 cm³/mol. The van der Waals surface area contributed by atoms with Gasteiger partial charge in [0.05, 0.1) is 23.7 Å². The number of esters is 5. The van der Waals surface area contributed by atoms with E-state index in [1.54, 1.807) is 13.8 Å². The minimum absolute atomic E-state index is 0.0980. The zero-order valence-electron chi connectivity index (χ0n) is 25.7. The molecule has 2 aromatic rings. The van der Waals surface area contributed by atoms with E-state index in [0.717, 1.165) is 20.8 Å². The Balaban J connectivity index is 1.79. The van der Waals surface area contributed by atoms with Gasteiger partial charge in [-0.25, -0.2) is 9.59 Å². The van der Waals surface area contributed by atoms with Crippen LogP contribution in [0.1, 0.15) is 75.5 Å². The predicted octanol–water partition coefficient (Wildman–Crippen LogP) is 2.76. The second kappa shape index (κ2) is 11.3. The molecule has 2 bridgehead atoms. The lowest BCUT2D eigenvalue weighted by atomic mass is 9.46. The number of fused-ring (bicyclic) bond motifs is 1. The first-order chi connectivity index (χ1) is 21.1. The van der Waals surface area contributed by atoms with Gasteiger partial charge in [-0.15, -0.1) is 0 Å². The maximum absolute atomic E-state index is 13.5. The van der Waals surface area contributed by atoms with Crippen LogP contribution in [0.25, 0.3) is 0 Å². The Hall–Kier alpha value is -4.17. The quantitative estimate of drug-likeness (QED) is 0.330.